The Hall–Kier alpha value is -1.66. The van der Waals surface area contributed by atoms with Crippen LogP contribution in [0, 0.1) is 6.92 Å². The minimum atomic E-state index is 0.0361. The summed E-state index contributed by atoms with van der Waals surface area (Å²) in [5.41, 5.74) is 0.881. The smallest absolute Gasteiger partial charge is 0.237 e. The Morgan fingerprint density at radius 3 is 2.75 bits per heavy atom. The molecule has 0 unspecified atom stereocenters. The van der Waals surface area contributed by atoms with Gasteiger partial charge in [0.25, 0.3) is 0 Å². The maximum atomic E-state index is 12.3. The summed E-state index contributed by atoms with van der Waals surface area (Å²) >= 11 is 2.92. The van der Waals surface area contributed by atoms with Crippen molar-refractivity contribution in [2.75, 3.05) is 17.2 Å². The average Bonchev–Trinajstić information content (AvgIpc) is 2.89. The highest BCUT2D eigenvalue weighted by Gasteiger charge is 2.15. The zero-order valence-corrected chi connectivity index (χ0v) is 12.8. The lowest BCUT2D eigenvalue weighted by Gasteiger charge is -2.20. The van der Waals surface area contributed by atoms with Crippen LogP contribution in [-0.4, -0.2) is 28.4 Å². The van der Waals surface area contributed by atoms with Gasteiger partial charge >= 0.3 is 0 Å². The van der Waals surface area contributed by atoms with Gasteiger partial charge < -0.3 is 4.90 Å². The van der Waals surface area contributed by atoms with Gasteiger partial charge in [-0.05, 0) is 19.1 Å². The molecule has 0 aliphatic heterocycles. The Bertz CT molecular complexity index is 583. The maximum absolute atomic E-state index is 12.3. The van der Waals surface area contributed by atoms with Crippen molar-refractivity contribution < 1.29 is 4.79 Å². The van der Waals surface area contributed by atoms with E-state index in [9.17, 15) is 4.79 Å². The van der Waals surface area contributed by atoms with Crippen molar-refractivity contribution in [2.24, 2.45) is 0 Å². The second kappa shape index (κ2) is 7.21. The molecule has 1 amide bonds. The van der Waals surface area contributed by atoms with Crippen molar-refractivity contribution in [3.05, 3.63) is 48.0 Å². The van der Waals surface area contributed by atoms with Gasteiger partial charge in [-0.3, -0.25) is 4.79 Å². The van der Waals surface area contributed by atoms with Crippen LogP contribution in [0.4, 0.5) is 5.69 Å². The molecule has 20 heavy (non-hydrogen) atoms. The molecule has 4 nitrogen and oxygen atoms in total. The minimum Gasteiger partial charge on any atom is -0.308 e. The van der Waals surface area contributed by atoms with Gasteiger partial charge in [-0.1, -0.05) is 47.4 Å². The highest BCUT2D eigenvalue weighted by atomic mass is 32.2. The molecule has 0 aliphatic carbocycles. The first-order valence-electron chi connectivity index (χ1n) is 6.10. The molecule has 2 rings (SSSR count). The van der Waals surface area contributed by atoms with Crippen molar-refractivity contribution in [2.45, 2.75) is 11.3 Å². The number of thioether (sulfide) groups is 1. The second-order valence-electron chi connectivity index (χ2n) is 4.00. The zero-order chi connectivity index (χ0) is 14.4. The Morgan fingerprint density at radius 1 is 1.40 bits per heavy atom. The standard InChI is InChI=1S/C14H15N3OS2/c1-3-9-17(12-7-5-4-6-8-12)13(18)10-19-14-16-15-11(2)20-14/h3-8H,1,9-10H2,2H3. The van der Waals surface area contributed by atoms with Crippen molar-refractivity contribution in [3.8, 4) is 0 Å². The SMILES string of the molecule is C=CCN(C(=O)CSc1nnc(C)s1)c1ccccc1. The molecule has 0 spiro atoms. The number of carbonyl (C=O) groups is 1. The van der Waals surface area contributed by atoms with E-state index in [0.29, 0.717) is 12.3 Å². The normalized spacial score (nSPS) is 10.2. The van der Waals surface area contributed by atoms with E-state index in [1.165, 1.54) is 23.1 Å². The van der Waals surface area contributed by atoms with Gasteiger partial charge in [0.05, 0.1) is 5.75 Å². The first kappa shape index (κ1) is 14.7. The van der Waals surface area contributed by atoms with Crippen molar-refractivity contribution in [1.29, 1.82) is 0 Å². The predicted octanol–water partition coefficient (Wildman–Crippen LogP) is 3.16. The lowest BCUT2D eigenvalue weighted by Crippen LogP contribution is -2.32. The number of nitrogens with zero attached hydrogens (tertiary/aromatic N) is 3. The lowest BCUT2D eigenvalue weighted by atomic mass is 10.3. The number of para-hydroxylation sites is 1. The highest BCUT2D eigenvalue weighted by molar-refractivity contribution is 8.01. The van der Waals surface area contributed by atoms with Gasteiger partial charge in [0.1, 0.15) is 5.01 Å². The molecular formula is C14H15N3OS2. The summed E-state index contributed by atoms with van der Waals surface area (Å²) in [6.07, 6.45) is 1.73. The number of anilines is 1. The molecule has 0 saturated carbocycles. The molecule has 0 radical (unpaired) electrons. The van der Waals surface area contributed by atoms with Crippen molar-refractivity contribution in [1.82, 2.24) is 10.2 Å². The first-order valence-corrected chi connectivity index (χ1v) is 7.90. The largest absolute Gasteiger partial charge is 0.308 e. The lowest BCUT2D eigenvalue weighted by molar-refractivity contribution is -0.116. The third kappa shape index (κ3) is 3.91. The fourth-order valence-corrected chi connectivity index (χ4v) is 3.32. The molecule has 2 aromatic rings. The number of aromatic nitrogens is 2. The predicted molar refractivity (Wildman–Crippen MR) is 84.4 cm³/mol. The minimum absolute atomic E-state index is 0.0361. The Balaban J connectivity index is 2.02. The van der Waals surface area contributed by atoms with Gasteiger partial charge in [-0.2, -0.15) is 0 Å². The Kier molecular flexibility index (Phi) is 5.31. The Morgan fingerprint density at radius 2 is 2.15 bits per heavy atom. The molecule has 0 aliphatic rings. The molecule has 0 N–H and O–H groups in total. The van der Waals surface area contributed by atoms with E-state index in [2.05, 4.69) is 16.8 Å². The molecule has 0 saturated heterocycles. The van der Waals surface area contributed by atoms with Crippen LogP contribution in [-0.2, 0) is 4.79 Å². The molecule has 1 aromatic carbocycles. The summed E-state index contributed by atoms with van der Waals surface area (Å²) in [5, 5.41) is 8.86. The van der Waals surface area contributed by atoms with E-state index in [0.717, 1.165) is 15.0 Å². The van der Waals surface area contributed by atoms with Gasteiger partial charge in [0.15, 0.2) is 4.34 Å². The molecule has 1 aromatic heterocycles. The molecule has 1 heterocycles. The van der Waals surface area contributed by atoms with Crippen LogP contribution in [0.2, 0.25) is 0 Å². The topological polar surface area (TPSA) is 46.1 Å². The fourth-order valence-electron chi connectivity index (χ4n) is 1.63. The van der Waals surface area contributed by atoms with Crippen LogP contribution >= 0.6 is 23.1 Å². The molecule has 104 valence electrons. The molecule has 6 heteroatoms. The van der Waals surface area contributed by atoms with Crippen LogP contribution in [0.5, 0.6) is 0 Å². The van der Waals surface area contributed by atoms with E-state index >= 15 is 0 Å². The summed E-state index contributed by atoms with van der Waals surface area (Å²) in [6, 6.07) is 9.60. The van der Waals surface area contributed by atoms with Crippen LogP contribution in [0.25, 0.3) is 0 Å². The van der Waals surface area contributed by atoms with Gasteiger partial charge in [0, 0.05) is 12.2 Å². The van der Waals surface area contributed by atoms with Crippen molar-refractivity contribution in [3.63, 3.8) is 0 Å². The summed E-state index contributed by atoms with van der Waals surface area (Å²) in [4.78, 5) is 14.0. The second-order valence-corrected chi connectivity index (χ2v) is 6.41. The molecule has 0 bridgehead atoms. The van der Waals surface area contributed by atoms with E-state index in [4.69, 9.17) is 0 Å². The fraction of sp³-hybridized carbons (Fsp3) is 0.214. The number of benzene rings is 1. The first-order chi connectivity index (χ1) is 9.70. The number of rotatable bonds is 6. The number of amides is 1. The van der Waals surface area contributed by atoms with Crippen molar-refractivity contribution >= 4 is 34.7 Å². The summed E-state index contributed by atoms with van der Waals surface area (Å²) in [7, 11) is 0. The number of hydrogen-bond acceptors (Lipinski definition) is 5. The average molecular weight is 305 g/mol. The van der Waals surface area contributed by atoms with Crippen LogP contribution in [0.1, 0.15) is 5.01 Å². The summed E-state index contributed by atoms with van der Waals surface area (Å²) < 4.78 is 0.822. The summed E-state index contributed by atoms with van der Waals surface area (Å²) in [6.45, 7) is 6.11. The highest BCUT2D eigenvalue weighted by Crippen LogP contribution is 2.23. The Labute approximate surface area is 126 Å². The number of hydrogen-bond donors (Lipinski definition) is 0. The zero-order valence-electron chi connectivity index (χ0n) is 11.2. The third-order valence-electron chi connectivity index (χ3n) is 2.51. The molecular weight excluding hydrogens is 290 g/mol. The maximum Gasteiger partial charge on any atom is 0.237 e. The van der Waals surface area contributed by atoms with E-state index in [-0.39, 0.29) is 5.91 Å². The van der Waals surface area contributed by atoms with Gasteiger partial charge in [0.2, 0.25) is 5.91 Å². The van der Waals surface area contributed by atoms with E-state index in [1.807, 2.05) is 37.3 Å². The summed E-state index contributed by atoms with van der Waals surface area (Å²) in [5.74, 6) is 0.381. The number of aryl methyl sites for hydroxylation is 1. The third-order valence-corrected chi connectivity index (χ3v) is 4.46. The van der Waals surface area contributed by atoms with E-state index in [1.54, 1.807) is 11.0 Å². The van der Waals surface area contributed by atoms with Crippen LogP contribution in [0.15, 0.2) is 47.3 Å². The van der Waals surface area contributed by atoms with Crippen LogP contribution in [0.3, 0.4) is 0 Å². The van der Waals surface area contributed by atoms with Gasteiger partial charge in [-0.15, -0.1) is 16.8 Å². The van der Waals surface area contributed by atoms with E-state index < -0.39 is 0 Å². The monoisotopic (exact) mass is 305 g/mol. The van der Waals surface area contributed by atoms with Gasteiger partial charge in [-0.25, -0.2) is 0 Å². The molecule has 0 atom stereocenters. The molecule has 0 fully saturated rings. The van der Waals surface area contributed by atoms with Crippen LogP contribution < -0.4 is 4.90 Å². The quantitative estimate of drug-likeness (QED) is 0.607. The number of carbonyl (C=O) groups excluding carboxylic acids is 1.